The van der Waals surface area contributed by atoms with Crippen molar-refractivity contribution in [1.82, 2.24) is 24.3 Å². The van der Waals surface area contributed by atoms with Crippen LogP contribution in [-0.4, -0.2) is 44.6 Å². The molecule has 1 unspecified atom stereocenters. The molecule has 0 aliphatic carbocycles. The molecule has 3 heterocycles. The van der Waals surface area contributed by atoms with Crippen molar-refractivity contribution in [3.8, 4) is 0 Å². The van der Waals surface area contributed by atoms with E-state index in [2.05, 4.69) is 10.3 Å². The lowest BCUT2D eigenvalue weighted by molar-refractivity contribution is 0.0628. The van der Waals surface area contributed by atoms with E-state index in [1.165, 1.54) is 42.9 Å². The summed E-state index contributed by atoms with van der Waals surface area (Å²) in [6.07, 6.45) is 0. The predicted octanol–water partition coefficient (Wildman–Crippen LogP) is 1.40. The highest BCUT2D eigenvalue weighted by Crippen LogP contribution is 2.24. The molecule has 1 aliphatic heterocycles. The number of hydrogen-bond acceptors (Lipinski definition) is 5. The summed E-state index contributed by atoms with van der Waals surface area (Å²) in [7, 11) is 2.90. The normalized spacial score (nSPS) is 15.8. The van der Waals surface area contributed by atoms with Gasteiger partial charge in [0.05, 0.1) is 11.4 Å². The Morgan fingerprint density at radius 2 is 1.87 bits per heavy atom. The zero-order chi connectivity index (χ0) is 20.7. The van der Waals surface area contributed by atoms with Gasteiger partial charge in [-0.15, -0.1) is 24.8 Å². The topological polar surface area (TPSA) is 89.2 Å². The number of fused-ring (bicyclic) bond motifs is 1. The van der Waals surface area contributed by atoms with Crippen molar-refractivity contribution >= 4 is 41.8 Å². The third-order valence-corrected chi connectivity index (χ3v) is 5.26. The van der Waals surface area contributed by atoms with E-state index < -0.39 is 11.2 Å². The van der Waals surface area contributed by atoms with Gasteiger partial charge < -0.3 is 10.2 Å². The standard InChI is InChI=1S/C20H20FN5O3.2ClH/c1-24-17-14(18(27)25(2)20(24)29)6-7-15(23-17)19(28)26-9-8-22-11-16(26)12-4-3-5-13(21)10-12;;/h3-7,10,16,22H,8-9,11H2,1-2H3;2*1H. The molecule has 1 amide bonds. The average Bonchev–Trinajstić information content (AvgIpc) is 2.75. The second-order valence-electron chi connectivity index (χ2n) is 7.05. The molecule has 166 valence electrons. The number of halogens is 3. The number of pyridine rings is 1. The summed E-state index contributed by atoms with van der Waals surface area (Å²) < 4.78 is 15.9. The van der Waals surface area contributed by atoms with Crippen LogP contribution in [0.2, 0.25) is 0 Å². The molecule has 0 saturated carbocycles. The smallest absolute Gasteiger partial charge is 0.328 e. The maximum Gasteiger partial charge on any atom is 0.332 e. The highest BCUT2D eigenvalue weighted by Gasteiger charge is 2.30. The first-order valence-electron chi connectivity index (χ1n) is 9.22. The molecular formula is C20H22Cl2FN5O3. The maximum atomic E-state index is 13.7. The number of piperazine rings is 1. The van der Waals surface area contributed by atoms with Crippen molar-refractivity contribution in [2.24, 2.45) is 14.1 Å². The molecule has 8 nitrogen and oxygen atoms in total. The Hall–Kier alpha value is -2.75. The summed E-state index contributed by atoms with van der Waals surface area (Å²) in [5.41, 5.74) is -0.00753. The molecule has 1 atom stereocenters. The van der Waals surface area contributed by atoms with Gasteiger partial charge in [0.25, 0.3) is 11.5 Å². The third kappa shape index (κ3) is 4.34. The van der Waals surface area contributed by atoms with Crippen LogP contribution in [-0.2, 0) is 14.1 Å². The van der Waals surface area contributed by atoms with Crippen LogP contribution < -0.4 is 16.6 Å². The van der Waals surface area contributed by atoms with Gasteiger partial charge in [0.15, 0.2) is 0 Å². The number of amides is 1. The van der Waals surface area contributed by atoms with Crippen LogP contribution >= 0.6 is 24.8 Å². The molecule has 1 aromatic carbocycles. The van der Waals surface area contributed by atoms with Gasteiger partial charge in [-0.25, -0.2) is 14.2 Å². The highest BCUT2D eigenvalue weighted by molar-refractivity contribution is 5.94. The van der Waals surface area contributed by atoms with E-state index in [4.69, 9.17) is 0 Å². The lowest BCUT2D eigenvalue weighted by Crippen LogP contribution is -2.49. The van der Waals surface area contributed by atoms with Gasteiger partial charge in [-0.05, 0) is 29.8 Å². The molecule has 3 aromatic rings. The minimum absolute atomic E-state index is 0. The molecule has 0 bridgehead atoms. The summed E-state index contributed by atoms with van der Waals surface area (Å²) in [6, 6.07) is 8.82. The molecule has 4 rings (SSSR count). The first-order chi connectivity index (χ1) is 13.9. The minimum Gasteiger partial charge on any atom is -0.328 e. The van der Waals surface area contributed by atoms with Gasteiger partial charge in [0.2, 0.25) is 0 Å². The number of benzene rings is 1. The van der Waals surface area contributed by atoms with E-state index in [9.17, 15) is 18.8 Å². The van der Waals surface area contributed by atoms with Crippen LogP contribution in [0.3, 0.4) is 0 Å². The van der Waals surface area contributed by atoms with Crippen molar-refractivity contribution < 1.29 is 9.18 Å². The molecular weight excluding hydrogens is 448 g/mol. The number of aromatic nitrogens is 3. The zero-order valence-corrected chi connectivity index (χ0v) is 18.5. The second kappa shape index (κ2) is 9.59. The fraction of sp³-hybridized carbons (Fsp3) is 0.300. The molecule has 1 fully saturated rings. The fourth-order valence-electron chi connectivity index (χ4n) is 3.68. The van der Waals surface area contributed by atoms with Gasteiger partial charge in [-0.1, -0.05) is 12.1 Å². The Labute approximate surface area is 189 Å². The van der Waals surface area contributed by atoms with Crippen LogP contribution in [0.25, 0.3) is 11.0 Å². The van der Waals surface area contributed by atoms with E-state index in [0.29, 0.717) is 25.2 Å². The van der Waals surface area contributed by atoms with Crippen LogP contribution in [0.15, 0.2) is 46.0 Å². The fourth-order valence-corrected chi connectivity index (χ4v) is 3.68. The number of nitrogens with zero attached hydrogens (tertiary/aromatic N) is 4. The van der Waals surface area contributed by atoms with Gasteiger partial charge in [0, 0.05) is 33.7 Å². The first-order valence-corrected chi connectivity index (χ1v) is 9.22. The third-order valence-electron chi connectivity index (χ3n) is 5.26. The van der Waals surface area contributed by atoms with Crippen LogP contribution in [0.5, 0.6) is 0 Å². The van der Waals surface area contributed by atoms with E-state index in [0.717, 1.165) is 4.57 Å². The molecule has 1 N–H and O–H groups in total. The van der Waals surface area contributed by atoms with Crippen molar-refractivity contribution in [2.75, 3.05) is 19.6 Å². The molecule has 0 radical (unpaired) electrons. The summed E-state index contributed by atoms with van der Waals surface area (Å²) in [5.74, 6) is -0.703. The largest absolute Gasteiger partial charge is 0.332 e. The van der Waals surface area contributed by atoms with Gasteiger partial charge in [0.1, 0.15) is 17.2 Å². The van der Waals surface area contributed by atoms with Crippen molar-refractivity contribution in [2.45, 2.75) is 6.04 Å². The number of nitrogens with one attached hydrogen (secondary N) is 1. The lowest BCUT2D eigenvalue weighted by atomic mass is 10.0. The van der Waals surface area contributed by atoms with Gasteiger partial charge >= 0.3 is 5.69 Å². The SMILES string of the molecule is Cl.Cl.Cn1c(=O)c2ccc(C(=O)N3CCNCC3c3cccc(F)c3)nc2n(C)c1=O. The molecule has 11 heteroatoms. The Morgan fingerprint density at radius 1 is 1.13 bits per heavy atom. The van der Waals surface area contributed by atoms with Crippen LogP contribution in [0, 0.1) is 5.82 Å². The van der Waals surface area contributed by atoms with Crippen molar-refractivity contribution in [3.05, 3.63) is 74.3 Å². The van der Waals surface area contributed by atoms with Crippen molar-refractivity contribution in [1.29, 1.82) is 0 Å². The molecule has 1 aliphatic rings. The van der Waals surface area contributed by atoms with Crippen LogP contribution in [0.1, 0.15) is 22.1 Å². The van der Waals surface area contributed by atoms with Gasteiger partial charge in [-0.3, -0.25) is 18.7 Å². The Morgan fingerprint density at radius 3 is 2.58 bits per heavy atom. The number of rotatable bonds is 2. The number of hydrogen-bond donors (Lipinski definition) is 1. The van der Waals surface area contributed by atoms with E-state index in [1.807, 2.05) is 0 Å². The number of aryl methyl sites for hydroxylation is 1. The maximum absolute atomic E-state index is 13.7. The van der Waals surface area contributed by atoms with E-state index in [1.54, 1.807) is 17.0 Å². The monoisotopic (exact) mass is 469 g/mol. The van der Waals surface area contributed by atoms with Crippen LogP contribution in [0.4, 0.5) is 4.39 Å². The summed E-state index contributed by atoms with van der Waals surface area (Å²) in [4.78, 5) is 43.7. The zero-order valence-electron chi connectivity index (χ0n) is 16.9. The molecule has 31 heavy (non-hydrogen) atoms. The minimum atomic E-state index is -0.514. The quantitative estimate of drug-likeness (QED) is 0.612. The molecule has 0 spiro atoms. The highest BCUT2D eigenvalue weighted by atomic mass is 35.5. The second-order valence-corrected chi connectivity index (χ2v) is 7.05. The number of carbonyl (C=O) groups excluding carboxylic acids is 1. The Balaban J connectivity index is 0.00000171. The lowest BCUT2D eigenvalue weighted by Gasteiger charge is -2.36. The van der Waals surface area contributed by atoms with E-state index >= 15 is 0 Å². The van der Waals surface area contributed by atoms with Gasteiger partial charge in [-0.2, -0.15) is 0 Å². The Kier molecular flexibility index (Phi) is 7.58. The summed E-state index contributed by atoms with van der Waals surface area (Å²) >= 11 is 0. The molecule has 2 aromatic heterocycles. The summed E-state index contributed by atoms with van der Waals surface area (Å²) in [6.45, 7) is 1.52. The average molecular weight is 470 g/mol. The number of carbonyl (C=O) groups is 1. The summed E-state index contributed by atoms with van der Waals surface area (Å²) in [5, 5.41) is 3.48. The Bertz CT molecular complexity index is 1240. The predicted molar refractivity (Wildman–Crippen MR) is 120 cm³/mol. The molecule has 1 saturated heterocycles. The first kappa shape index (κ1) is 24.5. The van der Waals surface area contributed by atoms with Crippen molar-refractivity contribution in [3.63, 3.8) is 0 Å². The van der Waals surface area contributed by atoms with E-state index in [-0.39, 0.29) is 59.3 Å².